The van der Waals surface area contributed by atoms with Crippen LogP contribution in [-0.2, 0) is 17.1 Å². The van der Waals surface area contributed by atoms with Gasteiger partial charge in [0.2, 0.25) is 0 Å². The van der Waals surface area contributed by atoms with Crippen molar-refractivity contribution >= 4 is 15.8 Å². The second kappa shape index (κ2) is 11.4. The highest BCUT2D eigenvalue weighted by Gasteiger charge is 2.29. The maximum absolute atomic E-state index is 15.0. The molecule has 0 aliphatic rings. The Bertz CT molecular complexity index is 1190. The Balaban J connectivity index is 1.90. The number of nitrogens with one attached hydrogen (secondary N) is 1. The number of aryl methyl sites for hydroxylation is 1. The molecule has 0 saturated carbocycles. The third-order valence-electron chi connectivity index (χ3n) is 5.50. The molecule has 1 unspecified atom stereocenters. The molecule has 0 aliphatic carbocycles. The van der Waals surface area contributed by atoms with E-state index in [1.54, 1.807) is 10.9 Å². The van der Waals surface area contributed by atoms with Gasteiger partial charge in [0, 0.05) is 43.2 Å². The summed E-state index contributed by atoms with van der Waals surface area (Å²) < 4.78 is 65.0. The minimum absolute atomic E-state index is 0.0620. The van der Waals surface area contributed by atoms with Gasteiger partial charge in [-0.25, -0.2) is 27.2 Å². The number of sulfonamides is 1. The van der Waals surface area contributed by atoms with Crippen molar-refractivity contribution in [2.45, 2.75) is 62.9 Å². The standard InChI is InChI=1S/C23H29F2N5O3S/c1-4-6-8-16(19-9-12-28-30(19)3)20(7-5-2)33-21-13-18(25)22(14-17(21)24)34(31,32)29-23-10-11-26-15-27-23/h9-16,20H,4-8H2,1-3H3,(H,26,27,29)/t16?,20-/m0/s1. The molecule has 2 aromatic heterocycles. The topological polar surface area (TPSA) is 99.0 Å². The van der Waals surface area contributed by atoms with Crippen LogP contribution in [0.25, 0.3) is 0 Å². The summed E-state index contributed by atoms with van der Waals surface area (Å²) in [5.41, 5.74) is 0.945. The molecule has 34 heavy (non-hydrogen) atoms. The highest BCUT2D eigenvalue weighted by atomic mass is 32.2. The van der Waals surface area contributed by atoms with Gasteiger partial charge >= 0.3 is 0 Å². The summed E-state index contributed by atoms with van der Waals surface area (Å²) in [6.45, 7) is 4.07. The van der Waals surface area contributed by atoms with E-state index in [2.05, 4.69) is 26.7 Å². The molecule has 0 amide bonds. The summed E-state index contributed by atoms with van der Waals surface area (Å²) in [6.07, 6.45) is 7.79. The molecule has 0 radical (unpaired) electrons. The van der Waals surface area contributed by atoms with Crippen LogP contribution in [0.1, 0.15) is 57.6 Å². The Hall–Kier alpha value is -3.08. The predicted octanol–water partition coefficient (Wildman–Crippen LogP) is 4.81. The molecule has 1 N–H and O–H groups in total. The van der Waals surface area contributed by atoms with E-state index in [-0.39, 0.29) is 17.5 Å². The number of anilines is 1. The lowest BCUT2D eigenvalue weighted by Crippen LogP contribution is -2.28. The number of unbranched alkanes of at least 4 members (excludes halogenated alkanes) is 1. The lowest BCUT2D eigenvalue weighted by Gasteiger charge is -2.28. The van der Waals surface area contributed by atoms with Gasteiger partial charge in [-0.3, -0.25) is 9.40 Å². The van der Waals surface area contributed by atoms with Crippen molar-refractivity contribution in [3.05, 3.63) is 60.3 Å². The zero-order chi connectivity index (χ0) is 24.7. The molecule has 0 aliphatic heterocycles. The largest absolute Gasteiger partial charge is 0.487 e. The van der Waals surface area contributed by atoms with E-state index in [4.69, 9.17) is 4.74 Å². The maximum Gasteiger partial charge on any atom is 0.266 e. The fourth-order valence-corrected chi connectivity index (χ4v) is 4.92. The lowest BCUT2D eigenvalue weighted by atomic mass is 9.90. The van der Waals surface area contributed by atoms with Gasteiger partial charge in [0.15, 0.2) is 11.6 Å². The molecule has 2 atom stereocenters. The number of aromatic nitrogens is 4. The van der Waals surface area contributed by atoms with E-state index in [1.807, 2.05) is 20.0 Å². The van der Waals surface area contributed by atoms with Crippen molar-refractivity contribution in [2.24, 2.45) is 7.05 Å². The Morgan fingerprint density at radius 3 is 2.50 bits per heavy atom. The highest BCUT2D eigenvalue weighted by molar-refractivity contribution is 7.92. The molecule has 184 valence electrons. The third kappa shape index (κ3) is 6.07. The van der Waals surface area contributed by atoms with Gasteiger partial charge in [-0.15, -0.1) is 0 Å². The van der Waals surface area contributed by atoms with Crippen LogP contribution in [0.5, 0.6) is 5.75 Å². The van der Waals surface area contributed by atoms with Gasteiger partial charge in [0.05, 0.1) is 0 Å². The van der Waals surface area contributed by atoms with E-state index in [0.29, 0.717) is 12.5 Å². The van der Waals surface area contributed by atoms with Crippen molar-refractivity contribution in [1.29, 1.82) is 0 Å². The summed E-state index contributed by atoms with van der Waals surface area (Å²) in [5, 5.41) is 4.24. The number of hydrogen-bond donors (Lipinski definition) is 1. The third-order valence-corrected chi connectivity index (χ3v) is 6.87. The second-order valence-corrected chi connectivity index (χ2v) is 9.64. The number of benzene rings is 1. The first-order chi connectivity index (χ1) is 16.3. The van der Waals surface area contributed by atoms with E-state index in [0.717, 1.165) is 43.8 Å². The van der Waals surface area contributed by atoms with Gasteiger partial charge in [-0.1, -0.05) is 33.1 Å². The summed E-state index contributed by atoms with van der Waals surface area (Å²) in [7, 11) is -2.58. The van der Waals surface area contributed by atoms with Gasteiger partial charge in [-0.2, -0.15) is 5.10 Å². The Morgan fingerprint density at radius 1 is 1.09 bits per heavy atom. The monoisotopic (exact) mass is 493 g/mol. The van der Waals surface area contributed by atoms with Crippen molar-refractivity contribution in [3.8, 4) is 5.75 Å². The Kier molecular flexibility index (Phi) is 8.54. The Labute approximate surface area is 198 Å². The second-order valence-electron chi connectivity index (χ2n) is 7.99. The molecule has 0 fully saturated rings. The summed E-state index contributed by atoms with van der Waals surface area (Å²) in [4.78, 5) is 6.60. The first-order valence-electron chi connectivity index (χ1n) is 11.2. The molecule has 0 bridgehead atoms. The minimum Gasteiger partial charge on any atom is -0.487 e. The highest BCUT2D eigenvalue weighted by Crippen LogP contribution is 2.33. The smallest absolute Gasteiger partial charge is 0.266 e. The van der Waals surface area contributed by atoms with E-state index < -0.39 is 32.7 Å². The quantitative estimate of drug-likeness (QED) is 0.389. The summed E-state index contributed by atoms with van der Waals surface area (Å²) >= 11 is 0. The zero-order valence-corrected chi connectivity index (χ0v) is 20.2. The SMILES string of the molecule is CCCCC(c1ccnn1C)[C@H](CCC)Oc1cc(F)c(S(=O)(=O)Nc2ccncn2)cc1F. The first kappa shape index (κ1) is 25.5. The van der Waals surface area contributed by atoms with Crippen LogP contribution in [0, 0.1) is 11.6 Å². The van der Waals surface area contributed by atoms with Gasteiger partial charge in [-0.05, 0) is 25.0 Å². The van der Waals surface area contributed by atoms with Crippen molar-refractivity contribution in [2.75, 3.05) is 4.72 Å². The molecule has 8 nitrogen and oxygen atoms in total. The summed E-state index contributed by atoms with van der Waals surface area (Å²) in [5.74, 6) is -2.57. The average molecular weight is 494 g/mol. The molecule has 0 saturated heterocycles. The number of ether oxygens (including phenoxy) is 1. The Morgan fingerprint density at radius 2 is 1.88 bits per heavy atom. The molecule has 0 spiro atoms. The van der Waals surface area contributed by atoms with Crippen LogP contribution < -0.4 is 9.46 Å². The lowest BCUT2D eigenvalue weighted by molar-refractivity contribution is 0.141. The maximum atomic E-state index is 15.0. The minimum atomic E-state index is -4.41. The molecular weight excluding hydrogens is 464 g/mol. The van der Waals surface area contributed by atoms with E-state index in [1.165, 1.54) is 12.3 Å². The molecule has 3 aromatic rings. The molecule has 11 heteroatoms. The summed E-state index contributed by atoms with van der Waals surface area (Å²) in [6, 6.07) is 4.61. The number of hydrogen-bond acceptors (Lipinski definition) is 6. The molecule has 3 rings (SSSR count). The predicted molar refractivity (Wildman–Crippen MR) is 124 cm³/mol. The van der Waals surface area contributed by atoms with Gasteiger partial charge in [0.1, 0.15) is 29.0 Å². The van der Waals surface area contributed by atoms with Crippen LogP contribution in [-0.4, -0.2) is 34.3 Å². The molecule has 1 aromatic carbocycles. The van der Waals surface area contributed by atoms with Crippen molar-refractivity contribution in [3.63, 3.8) is 0 Å². The van der Waals surface area contributed by atoms with Crippen molar-refractivity contribution < 1.29 is 21.9 Å². The van der Waals surface area contributed by atoms with Crippen molar-refractivity contribution in [1.82, 2.24) is 19.7 Å². The first-order valence-corrected chi connectivity index (χ1v) is 12.7. The molecular formula is C23H29F2N5O3S. The van der Waals surface area contributed by atoms with E-state index >= 15 is 4.39 Å². The fraction of sp³-hybridized carbons (Fsp3) is 0.435. The van der Waals surface area contributed by atoms with Gasteiger partial charge < -0.3 is 4.74 Å². The van der Waals surface area contributed by atoms with Gasteiger partial charge in [0.25, 0.3) is 10.0 Å². The number of halogens is 2. The van der Waals surface area contributed by atoms with E-state index in [9.17, 15) is 12.8 Å². The number of rotatable bonds is 12. The molecule has 2 heterocycles. The average Bonchev–Trinajstić information content (AvgIpc) is 3.22. The van der Waals surface area contributed by atoms with Crippen LogP contribution >= 0.6 is 0 Å². The fourth-order valence-electron chi connectivity index (χ4n) is 3.84. The van der Waals surface area contributed by atoms with Crippen LogP contribution in [0.15, 0.2) is 47.9 Å². The normalized spacial score (nSPS) is 13.4. The van der Waals surface area contributed by atoms with Crippen LogP contribution in [0.2, 0.25) is 0 Å². The number of nitrogens with zero attached hydrogens (tertiary/aromatic N) is 4. The van der Waals surface area contributed by atoms with Crippen LogP contribution in [0.4, 0.5) is 14.6 Å². The zero-order valence-electron chi connectivity index (χ0n) is 19.4. The van der Waals surface area contributed by atoms with Crippen LogP contribution in [0.3, 0.4) is 0 Å².